The molecule has 0 bridgehead atoms. The van der Waals surface area contributed by atoms with Crippen molar-refractivity contribution >= 4 is 22.9 Å². The Bertz CT molecular complexity index is 639. The zero-order chi connectivity index (χ0) is 14.8. The summed E-state index contributed by atoms with van der Waals surface area (Å²) in [5, 5.41) is 0. The maximum Gasteiger partial charge on any atom is 0.263 e. The van der Waals surface area contributed by atoms with Gasteiger partial charge < -0.3 is 10.6 Å². The molecular weight excluding hydrogens is 280 g/mol. The first kappa shape index (κ1) is 14.1. The number of hydrogen-bond donors (Lipinski definition) is 1. The molecule has 0 unspecified atom stereocenters. The molecule has 0 saturated heterocycles. The highest BCUT2D eigenvalue weighted by atomic mass is 32.1. The Labute approximate surface area is 129 Å². The number of thiophene rings is 1. The number of nitrogen functional groups attached to an aromatic ring is 1. The van der Waals surface area contributed by atoms with Crippen molar-refractivity contribution in [3.63, 3.8) is 0 Å². The number of aryl methyl sites for hydroxylation is 2. The number of anilines is 1. The van der Waals surface area contributed by atoms with Crippen LogP contribution in [0.5, 0.6) is 0 Å². The minimum atomic E-state index is 0.108. The van der Waals surface area contributed by atoms with Crippen LogP contribution in [-0.4, -0.2) is 17.9 Å². The fraction of sp³-hybridized carbons (Fsp3) is 0.353. The first-order valence-electron chi connectivity index (χ1n) is 7.35. The van der Waals surface area contributed by atoms with Gasteiger partial charge in [-0.25, -0.2) is 0 Å². The predicted octanol–water partition coefficient (Wildman–Crippen LogP) is 3.48. The monoisotopic (exact) mass is 300 g/mol. The molecule has 21 heavy (non-hydrogen) atoms. The van der Waals surface area contributed by atoms with Crippen molar-refractivity contribution in [1.29, 1.82) is 0 Å². The van der Waals surface area contributed by atoms with Gasteiger partial charge in [0.1, 0.15) is 0 Å². The third-order valence-corrected chi connectivity index (χ3v) is 5.15. The van der Waals surface area contributed by atoms with E-state index in [0.29, 0.717) is 6.54 Å². The third kappa shape index (κ3) is 3.10. The summed E-state index contributed by atoms with van der Waals surface area (Å²) < 4.78 is 0. The number of hydrogen-bond acceptors (Lipinski definition) is 3. The summed E-state index contributed by atoms with van der Waals surface area (Å²) >= 11 is 1.67. The van der Waals surface area contributed by atoms with Crippen LogP contribution >= 0.6 is 11.3 Å². The zero-order valence-electron chi connectivity index (χ0n) is 12.3. The molecule has 1 heterocycles. The second kappa shape index (κ2) is 5.90. The highest BCUT2D eigenvalue weighted by Gasteiger charge is 2.19. The van der Waals surface area contributed by atoms with Crippen molar-refractivity contribution in [2.75, 3.05) is 12.8 Å². The summed E-state index contributed by atoms with van der Waals surface area (Å²) in [5.74, 6) is 0.108. The molecule has 110 valence electrons. The van der Waals surface area contributed by atoms with Crippen LogP contribution in [0.4, 0.5) is 5.69 Å². The van der Waals surface area contributed by atoms with Gasteiger partial charge in [-0.1, -0.05) is 12.1 Å². The summed E-state index contributed by atoms with van der Waals surface area (Å²) in [6.07, 6.45) is 4.75. The number of carbonyl (C=O) groups excluding carboxylic acids is 1. The van der Waals surface area contributed by atoms with Gasteiger partial charge in [0.15, 0.2) is 0 Å². The molecule has 1 aromatic heterocycles. The van der Waals surface area contributed by atoms with Crippen molar-refractivity contribution in [1.82, 2.24) is 4.90 Å². The Kier molecular flexibility index (Phi) is 3.97. The Hall–Kier alpha value is -1.81. The highest BCUT2D eigenvalue weighted by Crippen LogP contribution is 2.30. The number of nitrogens with zero attached hydrogens (tertiary/aromatic N) is 1. The molecule has 0 fully saturated rings. The van der Waals surface area contributed by atoms with Gasteiger partial charge in [0.25, 0.3) is 5.91 Å². The van der Waals surface area contributed by atoms with Gasteiger partial charge in [-0.2, -0.15) is 0 Å². The number of carbonyl (C=O) groups is 1. The average Bonchev–Trinajstić information content (AvgIpc) is 2.90. The van der Waals surface area contributed by atoms with Crippen LogP contribution in [0.3, 0.4) is 0 Å². The number of benzene rings is 1. The normalized spacial score (nSPS) is 13.8. The van der Waals surface area contributed by atoms with Crippen LogP contribution in [0.25, 0.3) is 0 Å². The van der Waals surface area contributed by atoms with E-state index in [9.17, 15) is 4.79 Å². The number of amides is 1. The molecular formula is C17H20N2OS. The summed E-state index contributed by atoms with van der Waals surface area (Å²) in [7, 11) is 1.85. The first-order valence-corrected chi connectivity index (χ1v) is 8.16. The Morgan fingerprint density at radius 1 is 1.29 bits per heavy atom. The lowest BCUT2D eigenvalue weighted by Gasteiger charge is -2.16. The zero-order valence-corrected chi connectivity index (χ0v) is 13.1. The van der Waals surface area contributed by atoms with Crippen molar-refractivity contribution in [2.24, 2.45) is 0 Å². The van der Waals surface area contributed by atoms with E-state index in [1.165, 1.54) is 23.3 Å². The van der Waals surface area contributed by atoms with Crippen LogP contribution in [0.15, 0.2) is 30.3 Å². The molecule has 3 rings (SSSR count). The van der Waals surface area contributed by atoms with Crippen LogP contribution < -0.4 is 5.73 Å². The van der Waals surface area contributed by atoms with Crippen molar-refractivity contribution < 1.29 is 4.79 Å². The quantitative estimate of drug-likeness (QED) is 0.882. The van der Waals surface area contributed by atoms with E-state index < -0.39 is 0 Å². The van der Waals surface area contributed by atoms with E-state index >= 15 is 0 Å². The molecule has 1 aromatic carbocycles. The minimum Gasteiger partial charge on any atom is -0.399 e. The molecule has 1 amide bonds. The number of fused-ring (bicyclic) bond motifs is 1. The minimum absolute atomic E-state index is 0.108. The van der Waals surface area contributed by atoms with Crippen LogP contribution in [0.2, 0.25) is 0 Å². The average molecular weight is 300 g/mol. The molecule has 2 N–H and O–H groups in total. The molecule has 3 nitrogen and oxygen atoms in total. The first-order chi connectivity index (χ1) is 10.1. The second-order valence-electron chi connectivity index (χ2n) is 5.67. The van der Waals surface area contributed by atoms with E-state index in [4.69, 9.17) is 5.73 Å². The van der Waals surface area contributed by atoms with Gasteiger partial charge in [0.2, 0.25) is 0 Å². The van der Waals surface area contributed by atoms with Crippen molar-refractivity contribution in [2.45, 2.75) is 32.2 Å². The Morgan fingerprint density at radius 3 is 2.86 bits per heavy atom. The molecule has 0 atom stereocenters. The maximum absolute atomic E-state index is 12.6. The topological polar surface area (TPSA) is 46.3 Å². The summed E-state index contributed by atoms with van der Waals surface area (Å²) in [6, 6.07) is 9.80. The largest absolute Gasteiger partial charge is 0.399 e. The van der Waals surface area contributed by atoms with Crippen molar-refractivity contribution in [3.8, 4) is 0 Å². The molecule has 0 spiro atoms. The number of rotatable bonds is 3. The summed E-state index contributed by atoms with van der Waals surface area (Å²) in [6.45, 7) is 0.590. The van der Waals surface area contributed by atoms with Crippen LogP contribution in [0, 0.1) is 0 Å². The Morgan fingerprint density at radius 2 is 2.10 bits per heavy atom. The summed E-state index contributed by atoms with van der Waals surface area (Å²) in [4.78, 5) is 16.6. The fourth-order valence-electron chi connectivity index (χ4n) is 2.82. The molecule has 1 aliphatic carbocycles. The van der Waals surface area contributed by atoms with Crippen LogP contribution in [-0.2, 0) is 19.4 Å². The highest BCUT2D eigenvalue weighted by molar-refractivity contribution is 7.14. The lowest BCUT2D eigenvalue weighted by molar-refractivity contribution is 0.0790. The van der Waals surface area contributed by atoms with Gasteiger partial charge in [0.05, 0.1) is 4.88 Å². The molecule has 2 aromatic rings. The Balaban J connectivity index is 1.73. The predicted molar refractivity (Wildman–Crippen MR) is 87.6 cm³/mol. The molecule has 4 heteroatoms. The standard InChI is InChI=1S/C17H20N2OS/c1-19(11-12-5-4-7-14(18)9-12)17(20)16-10-13-6-2-3-8-15(13)21-16/h4-5,7,9-10H,2-3,6,8,11,18H2,1H3. The van der Waals surface area contributed by atoms with E-state index in [2.05, 4.69) is 6.07 Å². The van der Waals surface area contributed by atoms with Gasteiger partial charge in [-0.15, -0.1) is 11.3 Å². The van der Waals surface area contributed by atoms with E-state index in [-0.39, 0.29) is 5.91 Å². The second-order valence-corrected chi connectivity index (χ2v) is 6.81. The lowest BCUT2D eigenvalue weighted by atomic mass is 9.99. The fourth-order valence-corrected chi connectivity index (χ4v) is 4.07. The molecule has 1 aliphatic rings. The van der Waals surface area contributed by atoms with Crippen molar-refractivity contribution in [3.05, 3.63) is 51.2 Å². The van der Waals surface area contributed by atoms with Gasteiger partial charge in [0, 0.05) is 24.2 Å². The summed E-state index contributed by atoms with van der Waals surface area (Å²) in [5.41, 5.74) is 8.97. The molecule has 0 saturated carbocycles. The van der Waals surface area contributed by atoms with Gasteiger partial charge in [-0.05, 0) is 55.0 Å². The van der Waals surface area contributed by atoms with Gasteiger partial charge >= 0.3 is 0 Å². The van der Waals surface area contributed by atoms with Crippen LogP contribution in [0.1, 0.15) is 38.5 Å². The lowest BCUT2D eigenvalue weighted by Crippen LogP contribution is -2.25. The smallest absolute Gasteiger partial charge is 0.263 e. The SMILES string of the molecule is CN(Cc1cccc(N)c1)C(=O)c1cc2c(s1)CCCC2. The molecule has 0 radical (unpaired) electrons. The van der Waals surface area contributed by atoms with Gasteiger partial charge in [-0.3, -0.25) is 4.79 Å². The van der Waals surface area contributed by atoms with E-state index in [0.717, 1.165) is 29.0 Å². The van der Waals surface area contributed by atoms with E-state index in [1.54, 1.807) is 16.2 Å². The third-order valence-electron chi connectivity index (χ3n) is 3.92. The van der Waals surface area contributed by atoms with E-state index in [1.807, 2.05) is 31.3 Å². The number of nitrogens with two attached hydrogens (primary N) is 1. The molecule has 0 aliphatic heterocycles. The maximum atomic E-state index is 12.6.